The zero-order valence-electron chi connectivity index (χ0n) is 18.6. The van der Waals surface area contributed by atoms with E-state index in [1.165, 1.54) is 16.0 Å². The quantitative estimate of drug-likeness (QED) is 0.189. The number of nitrogens with one attached hydrogen (secondary N) is 2. The molecule has 2 heterocycles. The van der Waals surface area contributed by atoms with Crippen molar-refractivity contribution in [3.8, 4) is 0 Å². The van der Waals surface area contributed by atoms with Gasteiger partial charge in [0, 0.05) is 18.0 Å². The number of rotatable bonds is 7. The van der Waals surface area contributed by atoms with E-state index in [1.807, 2.05) is 25.4 Å². The van der Waals surface area contributed by atoms with Gasteiger partial charge in [-0.05, 0) is 44.0 Å². The Hall–Kier alpha value is -2.46. The average molecular weight is 561 g/mol. The molecule has 0 bridgehead atoms. The molecule has 0 radical (unpaired) electrons. The maximum atomic E-state index is 4.73. The molecule has 6 nitrogen and oxygen atoms in total. The number of aromatic nitrogens is 3. The highest BCUT2D eigenvalue weighted by atomic mass is 127. The molecule has 8 heteroatoms. The number of para-hydroxylation sites is 2. The smallest absolute Gasteiger partial charge is 0.191 e. The molecular formula is C24H29IN6S. The Kier molecular flexibility index (Phi) is 8.63. The molecule has 0 spiro atoms. The van der Waals surface area contributed by atoms with E-state index in [-0.39, 0.29) is 24.0 Å². The predicted molar refractivity (Wildman–Crippen MR) is 144 cm³/mol. The summed E-state index contributed by atoms with van der Waals surface area (Å²) in [7, 11) is 0. The van der Waals surface area contributed by atoms with Crippen molar-refractivity contribution >= 4 is 52.3 Å². The Balaban J connectivity index is 0.00000289. The van der Waals surface area contributed by atoms with Gasteiger partial charge in [0.05, 0.1) is 36.1 Å². The van der Waals surface area contributed by atoms with Gasteiger partial charge in [0.2, 0.25) is 0 Å². The van der Waals surface area contributed by atoms with E-state index < -0.39 is 0 Å². The van der Waals surface area contributed by atoms with Crippen LogP contribution in [0.3, 0.4) is 0 Å². The number of thiazole rings is 1. The van der Waals surface area contributed by atoms with Crippen LogP contribution >= 0.6 is 35.3 Å². The third-order valence-corrected chi connectivity index (χ3v) is 6.22. The van der Waals surface area contributed by atoms with E-state index in [9.17, 15) is 0 Å². The van der Waals surface area contributed by atoms with Crippen LogP contribution in [0, 0.1) is 13.8 Å². The molecule has 0 aliphatic carbocycles. The SMILES string of the molecule is CCNC(=NCc1ccc(Cn2cnc3ccccc32)cc1)NCc1nc(C)c(C)s1.I. The zero-order chi connectivity index (χ0) is 21.6. The first-order chi connectivity index (χ1) is 15.1. The second-order valence-corrected chi connectivity index (χ2v) is 8.76. The van der Waals surface area contributed by atoms with Gasteiger partial charge in [0.15, 0.2) is 5.96 Å². The number of halogens is 1. The minimum atomic E-state index is 0. The minimum Gasteiger partial charge on any atom is -0.357 e. The Morgan fingerprint density at radius 3 is 2.50 bits per heavy atom. The lowest BCUT2D eigenvalue weighted by atomic mass is 10.1. The highest BCUT2D eigenvalue weighted by molar-refractivity contribution is 14.0. The van der Waals surface area contributed by atoms with E-state index in [2.05, 4.69) is 75.4 Å². The van der Waals surface area contributed by atoms with Gasteiger partial charge in [-0.2, -0.15) is 0 Å². The lowest BCUT2D eigenvalue weighted by molar-refractivity contribution is 0.808. The normalized spacial score (nSPS) is 11.4. The molecule has 4 rings (SSSR count). The number of guanidine groups is 1. The van der Waals surface area contributed by atoms with Crippen LogP contribution in [-0.2, 0) is 19.6 Å². The maximum Gasteiger partial charge on any atom is 0.191 e. The fourth-order valence-corrected chi connectivity index (χ4v) is 4.24. The largest absolute Gasteiger partial charge is 0.357 e. The van der Waals surface area contributed by atoms with Gasteiger partial charge in [-0.1, -0.05) is 36.4 Å². The number of hydrogen-bond acceptors (Lipinski definition) is 4. The number of imidazole rings is 1. The second-order valence-electron chi connectivity index (χ2n) is 7.48. The second kappa shape index (κ2) is 11.4. The van der Waals surface area contributed by atoms with Crippen molar-refractivity contribution in [3.05, 3.63) is 81.6 Å². The van der Waals surface area contributed by atoms with E-state index in [4.69, 9.17) is 4.99 Å². The van der Waals surface area contributed by atoms with Crippen LogP contribution in [0.5, 0.6) is 0 Å². The molecular weight excluding hydrogens is 531 g/mol. The van der Waals surface area contributed by atoms with Crippen LogP contribution in [-0.4, -0.2) is 27.0 Å². The number of hydrogen-bond donors (Lipinski definition) is 2. The Morgan fingerprint density at radius 2 is 1.78 bits per heavy atom. The third-order valence-electron chi connectivity index (χ3n) is 5.15. The van der Waals surface area contributed by atoms with Crippen LogP contribution in [0.15, 0.2) is 59.9 Å². The number of benzene rings is 2. The third kappa shape index (κ3) is 6.07. The van der Waals surface area contributed by atoms with Crippen molar-refractivity contribution in [2.24, 2.45) is 4.99 Å². The van der Waals surface area contributed by atoms with Gasteiger partial charge in [-0.3, -0.25) is 0 Å². The summed E-state index contributed by atoms with van der Waals surface area (Å²) in [4.78, 5) is 15.1. The number of aryl methyl sites for hydroxylation is 2. The summed E-state index contributed by atoms with van der Waals surface area (Å²) in [6, 6.07) is 16.8. The molecule has 0 unspecified atom stereocenters. The number of aliphatic imine (C=N–C) groups is 1. The zero-order valence-corrected chi connectivity index (χ0v) is 21.8. The molecule has 32 heavy (non-hydrogen) atoms. The molecule has 0 aliphatic heterocycles. The topological polar surface area (TPSA) is 67.1 Å². The fourth-order valence-electron chi connectivity index (χ4n) is 3.37. The van der Waals surface area contributed by atoms with Gasteiger partial charge >= 0.3 is 0 Å². The number of nitrogens with zero attached hydrogens (tertiary/aromatic N) is 4. The summed E-state index contributed by atoms with van der Waals surface area (Å²) in [5.41, 5.74) is 5.71. The molecule has 2 N–H and O–H groups in total. The highest BCUT2D eigenvalue weighted by Gasteiger charge is 2.06. The predicted octanol–water partition coefficient (Wildman–Crippen LogP) is 5.03. The van der Waals surface area contributed by atoms with E-state index in [0.717, 1.165) is 40.8 Å². The molecule has 0 saturated heterocycles. The van der Waals surface area contributed by atoms with Gasteiger partial charge in [-0.15, -0.1) is 35.3 Å². The Morgan fingerprint density at radius 1 is 1.03 bits per heavy atom. The Bertz CT molecular complexity index is 1160. The van der Waals surface area contributed by atoms with Crippen LogP contribution in [0.2, 0.25) is 0 Å². The molecule has 0 amide bonds. The van der Waals surface area contributed by atoms with Crippen LogP contribution in [0.4, 0.5) is 0 Å². The Labute approximate surface area is 210 Å². The standard InChI is InChI=1S/C24H28N6S.HI/c1-4-25-24(27-14-23-29-17(2)18(3)31-23)26-13-19-9-11-20(12-10-19)15-30-16-28-21-7-5-6-8-22(21)30;/h5-12,16H,4,13-15H2,1-3H3,(H2,25,26,27);1H. The van der Waals surface area contributed by atoms with Gasteiger partial charge < -0.3 is 15.2 Å². The average Bonchev–Trinajstić information content (AvgIpc) is 3.34. The molecule has 168 valence electrons. The molecule has 0 aliphatic rings. The van der Waals surface area contributed by atoms with Crippen LogP contribution < -0.4 is 10.6 Å². The molecule has 0 saturated carbocycles. The van der Waals surface area contributed by atoms with Gasteiger partial charge in [0.25, 0.3) is 0 Å². The molecule has 0 fully saturated rings. The van der Waals surface area contributed by atoms with Crippen LogP contribution in [0.25, 0.3) is 11.0 Å². The van der Waals surface area contributed by atoms with Crippen molar-refractivity contribution in [1.29, 1.82) is 0 Å². The number of fused-ring (bicyclic) bond motifs is 1. The highest BCUT2D eigenvalue weighted by Crippen LogP contribution is 2.16. The lowest BCUT2D eigenvalue weighted by Gasteiger charge is -2.10. The summed E-state index contributed by atoms with van der Waals surface area (Å²) in [5, 5.41) is 7.77. The maximum absolute atomic E-state index is 4.73. The summed E-state index contributed by atoms with van der Waals surface area (Å²) in [6.45, 7) is 9.16. The van der Waals surface area contributed by atoms with Crippen LogP contribution in [0.1, 0.15) is 33.6 Å². The van der Waals surface area contributed by atoms with Gasteiger partial charge in [0.1, 0.15) is 5.01 Å². The van der Waals surface area contributed by atoms with Crippen molar-refractivity contribution < 1.29 is 0 Å². The first kappa shape index (κ1) is 24.2. The first-order valence-corrected chi connectivity index (χ1v) is 11.4. The van der Waals surface area contributed by atoms with Gasteiger partial charge in [-0.25, -0.2) is 15.0 Å². The summed E-state index contributed by atoms with van der Waals surface area (Å²) >= 11 is 1.73. The van der Waals surface area contributed by atoms with Crippen molar-refractivity contribution in [1.82, 2.24) is 25.2 Å². The van der Waals surface area contributed by atoms with Crippen molar-refractivity contribution in [2.45, 2.75) is 40.4 Å². The molecule has 2 aromatic carbocycles. The molecule has 4 aromatic rings. The van der Waals surface area contributed by atoms with E-state index in [0.29, 0.717) is 13.1 Å². The van der Waals surface area contributed by atoms with E-state index >= 15 is 0 Å². The molecule has 0 atom stereocenters. The lowest BCUT2D eigenvalue weighted by Crippen LogP contribution is -2.36. The summed E-state index contributed by atoms with van der Waals surface area (Å²) in [5.74, 6) is 0.807. The van der Waals surface area contributed by atoms with Crippen molar-refractivity contribution in [3.63, 3.8) is 0 Å². The fraction of sp³-hybridized carbons (Fsp3) is 0.292. The summed E-state index contributed by atoms with van der Waals surface area (Å²) in [6.07, 6.45) is 1.91. The van der Waals surface area contributed by atoms with Crippen molar-refractivity contribution in [2.75, 3.05) is 6.54 Å². The monoisotopic (exact) mass is 560 g/mol. The first-order valence-electron chi connectivity index (χ1n) is 10.5. The molecule has 2 aromatic heterocycles. The van der Waals surface area contributed by atoms with E-state index in [1.54, 1.807) is 11.3 Å². The summed E-state index contributed by atoms with van der Waals surface area (Å²) < 4.78 is 2.18. The minimum absolute atomic E-state index is 0.